The van der Waals surface area contributed by atoms with E-state index >= 15 is 0 Å². The zero-order valence-electron chi connectivity index (χ0n) is 21.8. The van der Waals surface area contributed by atoms with Crippen molar-refractivity contribution < 1.29 is 14.3 Å². The summed E-state index contributed by atoms with van der Waals surface area (Å²) in [5.41, 5.74) is 1.20. The Morgan fingerprint density at radius 3 is 2.21 bits per heavy atom. The first-order valence-corrected chi connectivity index (χ1v) is 13.6. The molecule has 202 valence electrons. The van der Waals surface area contributed by atoms with Gasteiger partial charge in [-0.15, -0.1) is 0 Å². The molecule has 0 aliphatic rings. The average Bonchev–Trinajstić information content (AvgIpc) is 2.85. The summed E-state index contributed by atoms with van der Waals surface area (Å²) in [7, 11) is 0. The second-order valence-electron chi connectivity index (χ2n) is 10.1. The molecule has 3 aromatic carbocycles. The van der Waals surface area contributed by atoms with Crippen LogP contribution in [-0.4, -0.2) is 34.9 Å². The summed E-state index contributed by atoms with van der Waals surface area (Å²) in [6.45, 7) is 6.27. The minimum atomic E-state index is -0.743. The summed E-state index contributed by atoms with van der Waals surface area (Å²) in [4.78, 5) is 28.9. The van der Waals surface area contributed by atoms with Gasteiger partial charge in [0.05, 0.1) is 6.61 Å². The molecule has 8 heteroatoms. The fraction of sp³-hybridized carbons (Fsp3) is 0.333. The largest absolute Gasteiger partial charge is 0.494 e. The Labute approximate surface area is 240 Å². The van der Waals surface area contributed by atoms with Crippen LogP contribution < -0.4 is 10.1 Å². The third kappa shape index (κ3) is 9.54. The number of benzene rings is 3. The van der Waals surface area contributed by atoms with Crippen LogP contribution in [0.4, 0.5) is 0 Å². The van der Waals surface area contributed by atoms with Gasteiger partial charge in [-0.2, -0.15) is 0 Å². The van der Waals surface area contributed by atoms with Crippen LogP contribution in [0.3, 0.4) is 0 Å². The first-order chi connectivity index (χ1) is 18.0. The molecule has 0 aliphatic carbocycles. The van der Waals surface area contributed by atoms with Crippen molar-refractivity contribution in [3.8, 4) is 5.75 Å². The number of halogens is 3. The summed E-state index contributed by atoms with van der Waals surface area (Å²) in [5.74, 6) is 0.288. The van der Waals surface area contributed by atoms with Crippen molar-refractivity contribution >= 4 is 46.6 Å². The molecule has 0 bridgehead atoms. The van der Waals surface area contributed by atoms with Crippen LogP contribution in [0.15, 0.2) is 72.8 Å². The SMILES string of the molecule is CC(C)(C)NC(=O)[C@@H](Cc1ccccc1)N(Cc1ccc(Cl)cc1Cl)C(=O)CCCOc1ccc(Cl)cc1. The van der Waals surface area contributed by atoms with E-state index in [0.29, 0.717) is 45.8 Å². The monoisotopic (exact) mass is 574 g/mol. The number of nitrogens with zero attached hydrogens (tertiary/aromatic N) is 1. The number of hydrogen-bond donors (Lipinski definition) is 1. The van der Waals surface area contributed by atoms with Gasteiger partial charge in [0.2, 0.25) is 11.8 Å². The first kappa shape index (κ1) is 29.8. The predicted molar refractivity (Wildman–Crippen MR) is 155 cm³/mol. The third-order valence-corrected chi connectivity index (χ3v) is 6.58. The van der Waals surface area contributed by atoms with Gasteiger partial charge < -0.3 is 15.0 Å². The number of ether oxygens (including phenoxy) is 1. The van der Waals surface area contributed by atoms with Crippen LogP contribution >= 0.6 is 34.8 Å². The lowest BCUT2D eigenvalue weighted by Gasteiger charge is -2.34. The molecule has 0 heterocycles. The molecule has 0 saturated carbocycles. The van der Waals surface area contributed by atoms with Crippen molar-refractivity contribution in [3.63, 3.8) is 0 Å². The van der Waals surface area contributed by atoms with E-state index in [1.165, 1.54) is 0 Å². The van der Waals surface area contributed by atoms with Gasteiger partial charge in [0.15, 0.2) is 0 Å². The fourth-order valence-electron chi connectivity index (χ4n) is 3.93. The maximum Gasteiger partial charge on any atom is 0.243 e. The molecule has 5 nitrogen and oxygen atoms in total. The zero-order chi connectivity index (χ0) is 27.7. The Balaban J connectivity index is 1.84. The normalized spacial score (nSPS) is 12.1. The molecule has 0 aliphatic heterocycles. The van der Waals surface area contributed by atoms with Gasteiger partial charge in [-0.25, -0.2) is 0 Å². The van der Waals surface area contributed by atoms with Crippen molar-refractivity contribution in [3.05, 3.63) is 99.0 Å². The van der Waals surface area contributed by atoms with Gasteiger partial charge in [0.25, 0.3) is 0 Å². The molecule has 0 radical (unpaired) electrons. The van der Waals surface area contributed by atoms with Crippen LogP contribution in [0.1, 0.15) is 44.7 Å². The summed E-state index contributed by atoms with van der Waals surface area (Å²) in [6, 6.07) is 21.2. The highest BCUT2D eigenvalue weighted by atomic mass is 35.5. The Morgan fingerprint density at radius 2 is 1.58 bits per heavy atom. The first-order valence-electron chi connectivity index (χ1n) is 12.5. The molecule has 3 rings (SSSR count). The van der Waals surface area contributed by atoms with Crippen molar-refractivity contribution in [2.24, 2.45) is 0 Å². The topological polar surface area (TPSA) is 58.6 Å². The highest BCUT2D eigenvalue weighted by Crippen LogP contribution is 2.25. The van der Waals surface area contributed by atoms with Gasteiger partial charge in [-0.3, -0.25) is 9.59 Å². The van der Waals surface area contributed by atoms with Crippen LogP contribution in [-0.2, 0) is 22.6 Å². The summed E-state index contributed by atoms with van der Waals surface area (Å²) >= 11 is 18.5. The second-order valence-corrected chi connectivity index (χ2v) is 11.4. The van der Waals surface area contributed by atoms with E-state index in [1.807, 2.05) is 51.1 Å². The molecule has 0 fully saturated rings. The smallest absolute Gasteiger partial charge is 0.243 e. The molecule has 38 heavy (non-hydrogen) atoms. The molecular formula is C30H33Cl3N2O3. The quantitative estimate of drug-likeness (QED) is 0.243. The van der Waals surface area contributed by atoms with Gasteiger partial charge in [-0.05, 0) is 74.7 Å². The molecular weight excluding hydrogens is 543 g/mol. The van der Waals surface area contributed by atoms with Gasteiger partial charge in [0, 0.05) is 40.0 Å². The number of rotatable bonds is 11. The van der Waals surface area contributed by atoms with Gasteiger partial charge in [0.1, 0.15) is 11.8 Å². The minimum absolute atomic E-state index is 0.166. The Hall–Kier alpha value is -2.73. The Kier molecular flexibility index (Phi) is 10.9. The summed E-state index contributed by atoms with van der Waals surface area (Å²) in [6.07, 6.45) is 1.04. The van der Waals surface area contributed by atoms with Crippen LogP contribution in [0.25, 0.3) is 0 Å². The zero-order valence-corrected chi connectivity index (χ0v) is 24.1. The lowest BCUT2D eigenvalue weighted by Crippen LogP contribution is -2.54. The van der Waals surface area contributed by atoms with Crippen LogP contribution in [0.2, 0.25) is 15.1 Å². The van der Waals surface area contributed by atoms with E-state index in [9.17, 15) is 9.59 Å². The molecule has 0 saturated heterocycles. The van der Waals surface area contributed by atoms with E-state index in [0.717, 1.165) is 5.56 Å². The molecule has 0 unspecified atom stereocenters. The second kappa shape index (κ2) is 13.9. The third-order valence-electron chi connectivity index (χ3n) is 5.74. The molecule has 1 atom stereocenters. The average molecular weight is 576 g/mol. The van der Waals surface area contributed by atoms with E-state index in [-0.39, 0.29) is 24.8 Å². The van der Waals surface area contributed by atoms with Crippen LogP contribution in [0.5, 0.6) is 5.75 Å². The lowest BCUT2D eigenvalue weighted by atomic mass is 10.00. The van der Waals surface area contributed by atoms with E-state index in [4.69, 9.17) is 39.5 Å². The molecule has 0 spiro atoms. The van der Waals surface area contributed by atoms with E-state index in [2.05, 4.69) is 5.32 Å². The van der Waals surface area contributed by atoms with Gasteiger partial charge >= 0.3 is 0 Å². The molecule has 2 amide bonds. The number of carbonyl (C=O) groups is 2. The Morgan fingerprint density at radius 1 is 0.921 bits per heavy atom. The molecule has 0 aromatic heterocycles. The maximum atomic E-state index is 13.7. The number of amides is 2. The number of carbonyl (C=O) groups excluding carboxylic acids is 2. The van der Waals surface area contributed by atoms with E-state index < -0.39 is 11.6 Å². The number of nitrogens with one attached hydrogen (secondary N) is 1. The fourth-order valence-corrected chi connectivity index (χ4v) is 4.52. The Bertz CT molecular complexity index is 1210. The predicted octanol–water partition coefficient (Wildman–Crippen LogP) is 7.36. The summed E-state index contributed by atoms with van der Waals surface area (Å²) < 4.78 is 5.77. The van der Waals surface area contributed by atoms with Crippen molar-refractivity contribution in [1.82, 2.24) is 10.2 Å². The van der Waals surface area contributed by atoms with Crippen molar-refractivity contribution in [1.29, 1.82) is 0 Å². The van der Waals surface area contributed by atoms with Crippen LogP contribution in [0, 0.1) is 0 Å². The van der Waals surface area contributed by atoms with Crippen molar-refractivity contribution in [2.75, 3.05) is 6.61 Å². The minimum Gasteiger partial charge on any atom is -0.494 e. The molecule has 3 aromatic rings. The lowest BCUT2D eigenvalue weighted by molar-refractivity contribution is -0.142. The van der Waals surface area contributed by atoms with Crippen molar-refractivity contribution in [2.45, 2.75) is 58.2 Å². The number of hydrogen-bond acceptors (Lipinski definition) is 3. The van der Waals surface area contributed by atoms with E-state index in [1.54, 1.807) is 47.4 Å². The highest BCUT2D eigenvalue weighted by molar-refractivity contribution is 6.35. The summed E-state index contributed by atoms with van der Waals surface area (Å²) in [5, 5.41) is 4.63. The molecule has 1 N–H and O–H groups in total. The highest BCUT2D eigenvalue weighted by Gasteiger charge is 2.32. The maximum absolute atomic E-state index is 13.7. The van der Waals surface area contributed by atoms with Gasteiger partial charge in [-0.1, -0.05) is 71.2 Å². The standard InChI is InChI=1S/C30H33Cl3N2O3/c1-30(2,3)34-29(37)27(18-21-8-5-4-6-9-21)35(20-22-11-12-24(32)19-26(22)33)28(36)10-7-17-38-25-15-13-23(31)14-16-25/h4-6,8-9,11-16,19,27H,7,10,17-18,20H2,1-3H3,(H,34,37)/t27-/m1/s1.